The van der Waals surface area contributed by atoms with E-state index in [0.717, 1.165) is 72.4 Å². The molecule has 0 bridgehead atoms. The standard InChI is InChI=1S/C28H29FN2/c1-6-18-14(2)7-10-20-17(5)31-13-22-26-15(3)8-9-19-16(4)23(29)12-24(27(19)26)30-28(22)25(31)11-21(18)20/h11-12,15,18H,2,5-10,13H2,1,3-4H3. The number of halogens is 1. The highest BCUT2D eigenvalue weighted by Gasteiger charge is 2.39. The van der Waals surface area contributed by atoms with Crippen LogP contribution in [0, 0.1) is 18.7 Å². The lowest BCUT2D eigenvalue weighted by Crippen LogP contribution is -2.25. The molecule has 31 heavy (non-hydrogen) atoms. The molecule has 2 atom stereocenters. The smallest absolute Gasteiger partial charge is 0.128 e. The van der Waals surface area contributed by atoms with Gasteiger partial charge in [0, 0.05) is 28.6 Å². The number of allylic oxidation sites excluding steroid dienone is 4. The number of rotatable bonds is 1. The number of nitrogens with zero attached hydrogens (tertiary/aromatic N) is 2. The Balaban J connectivity index is 1.63. The zero-order valence-electron chi connectivity index (χ0n) is 18.7. The topological polar surface area (TPSA) is 16.1 Å². The lowest BCUT2D eigenvalue weighted by molar-refractivity contribution is 0.487. The maximum atomic E-state index is 14.8. The van der Waals surface area contributed by atoms with Crippen LogP contribution in [0.3, 0.4) is 0 Å². The molecule has 2 aromatic rings. The van der Waals surface area contributed by atoms with Crippen LogP contribution in [0.4, 0.5) is 4.39 Å². The minimum atomic E-state index is -0.132. The van der Waals surface area contributed by atoms with E-state index in [-0.39, 0.29) is 5.82 Å². The van der Waals surface area contributed by atoms with Crippen molar-refractivity contribution in [2.45, 2.75) is 65.3 Å². The molecule has 2 unspecified atom stereocenters. The van der Waals surface area contributed by atoms with Gasteiger partial charge in [-0.25, -0.2) is 9.37 Å². The molecule has 0 saturated heterocycles. The Morgan fingerprint density at radius 2 is 2.00 bits per heavy atom. The van der Waals surface area contributed by atoms with Crippen LogP contribution < -0.4 is 0 Å². The zero-order valence-corrected chi connectivity index (χ0v) is 18.7. The van der Waals surface area contributed by atoms with E-state index in [1.807, 2.05) is 6.92 Å². The Kier molecular flexibility index (Phi) is 3.94. The van der Waals surface area contributed by atoms with Crippen molar-refractivity contribution in [2.24, 2.45) is 5.92 Å². The molecule has 1 aromatic heterocycles. The maximum absolute atomic E-state index is 14.8. The largest absolute Gasteiger partial charge is 0.335 e. The third-order valence-corrected chi connectivity index (χ3v) is 8.20. The van der Waals surface area contributed by atoms with Gasteiger partial charge in [-0.1, -0.05) is 32.6 Å². The monoisotopic (exact) mass is 412 g/mol. The van der Waals surface area contributed by atoms with E-state index in [0.29, 0.717) is 11.8 Å². The Morgan fingerprint density at radius 1 is 1.19 bits per heavy atom. The van der Waals surface area contributed by atoms with E-state index in [4.69, 9.17) is 4.98 Å². The summed E-state index contributed by atoms with van der Waals surface area (Å²) in [5.74, 6) is 0.716. The number of pyridine rings is 1. The maximum Gasteiger partial charge on any atom is 0.128 e. The average Bonchev–Trinajstić information content (AvgIpc) is 3.11. The van der Waals surface area contributed by atoms with E-state index in [1.165, 1.54) is 33.2 Å². The van der Waals surface area contributed by atoms with Crippen LogP contribution in [0.5, 0.6) is 0 Å². The van der Waals surface area contributed by atoms with Gasteiger partial charge in [0.25, 0.3) is 0 Å². The van der Waals surface area contributed by atoms with E-state index in [2.05, 4.69) is 38.0 Å². The first-order chi connectivity index (χ1) is 14.9. The molecular formula is C28H29FN2. The minimum Gasteiger partial charge on any atom is -0.335 e. The fourth-order valence-electron chi connectivity index (χ4n) is 6.49. The Labute approximate surface area is 183 Å². The number of hydrogen-bond donors (Lipinski definition) is 0. The molecule has 1 aromatic carbocycles. The van der Waals surface area contributed by atoms with E-state index < -0.39 is 0 Å². The number of aromatic nitrogens is 1. The van der Waals surface area contributed by atoms with Crippen molar-refractivity contribution in [2.75, 3.05) is 0 Å². The van der Waals surface area contributed by atoms with Crippen LogP contribution in [0.1, 0.15) is 73.4 Å². The number of hydrogen-bond acceptors (Lipinski definition) is 2. The highest BCUT2D eigenvalue weighted by Crippen LogP contribution is 2.51. The summed E-state index contributed by atoms with van der Waals surface area (Å²) in [7, 11) is 0. The summed E-state index contributed by atoms with van der Waals surface area (Å²) in [4.78, 5) is 7.44. The fraction of sp³-hybridized carbons (Fsp3) is 0.393. The van der Waals surface area contributed by atoms with Crippen LogP contribution in [-0.4, -0.2) is 9.88 Å². The second-order valence-electron chi connectivity index (χ2n) is 9.76. The number of fused-ring (bicyclic) bond motifs is 4. The molecule has 0 spiro atoms. The molecular weight excluding hydrogens is 383 g/mol. The predicted molar refractivity (Wildman–Crippen MR) is 125 cm³/mol. The van der Waals surface area contributed by atoms with E-state index >= 15 is 0 Å². The van der Waals surface area contributed by atoms with Crippen LogP contribution in [0.2, 0.25) is 0 Å². The summed E-state index contributed by atoms with van der Waals surface area (Å²) in [5.41, 5.74) is 12.9. The van der Waals surface area contributed by atoms with Gasteiger partial charge in [0.1, 0.15) is 5.82 Å². The number of benzene rings is 1. The quantitative estimate of drug-likeness (QED) is 0.465. The van der Waals surface area contributed by atoms with Crippen LogP contribution in [0.15, 0.2) is 47.7 Å². The summed E-state index contributed by atoms with van der Waals surface area (Å²) in [6.45, 7) is 16.2. The zero-order chi connectivity index (χ0) is 21.6. The Hall–Kier alpha value is -2.68. The summed E-state index contributed by atoms with van der Waals surface area (Å²) in [6.07, 6.45) is 7.47. The second-order valence-corrected chi connectivity index (χ2v) is 9.76. The molecule has 2 aliphatic carbocycles. The predicted octanol–water partition coefficient (Wildman–Crippen LogP) is 7.09. The van der Waals surface area contributed by atoms with Gasteiger partial charge in [0.05, 0.1) is 23.5 Å². The van der Waals surface area contributed by atoms with E-state index in [1.54, 1.807) is 6.07 Å². The molecule has 0 amide bonds. The summed E-state index contributed by atoms with van der Waals surface area (Å²) >= 11 is 0. The van der Waals surface area contributed by atoms with Crippen LogP contribution >= 0.6 is 0 Å². The Bertz CT molecular complexity index is 1280. The van der Waals surface area contributed by atoms with Crippen molar-refractivity contribution < 1.29 is 4.39 Å². The molecule has 3 heteroatoms. The molecule has 6 rings (SSSR count). The van der Waals surface area contributed by atoms with Gasteiger partial charge in [-0.05, 0) is 78.9 Å². The SMILES string of the molecule is C=C1CCC2=C(C=C3c4nc5cc(F)c(C)c6c5c(c4CN3C2=C)C(C)CC6)C1CC. The van der Waals surface area contributed by atoms with Crippen molar-refractivity contribution in [3.05, 3.63) is 81.5 Å². The van der Waals surface area contributed by atoms with Gasteiger partial charge < -0.3 is 4.90 Å². The molecule has 0 fully saturated rings. The average molecular weight is 413 g/mol. The molecule has 158 valence electrons. The van der Waals surface area contributed by atoms with Gasteiger partial charge in [-0.2, -0.15) is 0 Å². The molecule has 3 heterocycles. The van der Waals surface area contributed by atoms with Gasteiger partial charge in [0.15, 0.2) is 0 Å². The first-order valence-electron chi connectivity index (χ1n) is 11.6. The lowest BCUT2D eigenvalue weighted by atomic mass is 9.75. The van der Waals surface area contributed by atoms with Crippen molar-refractivity contribution in [1.29, 1.82) is 0 Å². The Morgan fingerprint density at radius 3 is 2.77 bits per heavy atom. The van der Waals surface area contributed by atoms with Crippen LogP contribution in [-0.2, 0) is 13.0 Å². The lowest BCUT2D eigenvalue weighted by Gasteiger charge is -2.37. The van der Waals surface area contributed by atoms with E-state index in [9.17, 15) is 4.39 Å². The molecule has 0 saturated carbocycles. The highest BCUT2D eigenvalue weighted by molar-refractivity contribution is 5.93. The second kappa shape index (κ2) is 6.41. The molecule has 2 nitrogen and oxygen atoms in total. The fourth-order valence-corrected chi connectivity index (χ4v) is 6.49. The van der Waals surface area contributed by atoms with Crippen molar-refractivity contribution >= 4 is 16.6 Å². The summed E-state index contributed by atoms with van der Waals surface area (Å²) in [5, 5.41) is 1.21. The summed E-state index contributed by atoms with van der Waals surface area (Å²) in [6, 6.07) is 1.65. The normalized spacial score (nSPS) is 24.4. The first-order valence-corrected chi connectivity index (χ1v) is 11.6. The number of aryl methyl sites for hydroxylation is 1. The van der Waals surface area contributed by atoms with Crippen LogP contribution in [0.25, 0.3) is 16.6 Å². The van der Waals surface area contributed by atoms with Gasteiger partial charge in [-0.15, -0.1) is 0 Å². The minimum absolute atomic E-state index is 0.132. The van der Waals surface area contributed by atoms with Gasteiger partial charge in [-0.3, -0.25) is 0 Å². The molecule has 0 radical (unpaired) electrons. The third-order valence-electron chi connectivity index (χ3n) is 8.20. The van der Waals surface area contributed by atoms with Crippen molar-refractivity contribution in [1.82, 2.24) is 9.88 Å². The third kappa shape index (κ3) is 2.41. The molecule has 4 aliphatic rings. The van der Waals surface area contributed by atoms with Crippen molar-refractivity contribution in [3.63, 3.8) is 0 Å². The molecule has 2 aliphatic heterocycles. The highest BCUT2D eigenvalue weighted by atomic mass is 19.1. The first kappa shape index (κ1) is 19.0. The molecule has 0 N–H and O–H groups in total. The summed E-state index contributed by atoms with van der Waals surface area (Å²) < 4.78 is 14.8. The van der Waals surface area contributed by atoms with Gasteiger partial charge >= 0.3 is 0 Å². The van der Waals surface area contributed by atoms with Crippen molar-refractivity contribution in [3.8, 4) is 0 Å². The van der Waals surface area contributed by atoms with Gasteiger partial charge in [0.2, 0.25) is 0 Å².